The van der Waals surface area contributed by atoms with Crippen molar-refractivity contribution in [3.05, 3.63) is 48.3 Å². The standard InChI is InChI=1S/C21H27N5O/c22-18-13-19(24-16-23-18)25-11-8-21(9-12-25)14-20(27)26(15-21)10-4-7-17-5-2-1-3-6-17/h1-3,5-6,13,16H,4,7-12,14-15H2,(H2,22,23,24). The minimum absolute atomic E-state index is 0.138. The number of aromatic nitrogens is 2. The Morgan fingerprint density at radius 1 is 1.11 bits per heavy atom. The molecule has 0 radical (unpaired) electrons. The van der Waals surface area contributed by atoms with Crippen molar-refractivity contribution in [2.75, 3.05) is 36.8 Å². The number of nitrogens with two attached hydrogens (primary N) is 1. The second kappa shape index (κ2) is 7.55. The fraction of sp³-hybridized carbons (Fsp3) is 0.476. The second-order valence-electron chi connectivity index (χ2n) is 7.87. The first-order valence-corrected chi connectivity index (χ1v) is 9.78. The van der Waals surface area contributed by atoms with Gasteiger partial charge in [0.1, 0.15) is 18.0 Å². The van der Waals surface area contributed by atoms with Crippen molar-refractivity contribution in [2.45, 2.75) is 32.1 Å². The van der Waals surface area contributed by atoms with Gasteiger partial charge >= 0.3 is 0 Å². The van der Waals surface area contributed by atoms with Gasteiger partial charge in [0.15, 0.2) is 0 Å². The molecule has 0 atom stereocenters. The molecular formula is C21H27N5O. The van der Waals surface area contributed by atoms with Crippen molar-refractivity contribution in [1.29, 1.82) is 0 Å². The van der Waals surface area contributed by atoms with Crippen LogP contribution in [-0.2, 0) is 11.2 Å². The SMILES string of the molecule is Nc1cc(N2CCC3(CC2)CC(=O)N(CCCc2ccccc2)C3)ncn1. The summed E-state index contributed by atoms with van der Waals surface area (Å²) in [6.45, 7) is 3.60. The average Bonchev–Trinajstić information content (AvgIpc) is 2.98. The van der Waals surface area contributed by atoms with E-state index < -0.39 is 0 Å². The fourth-order valence-corrected chi connectivity index (χ4v) is 4.38. The third kappa shape index (κ3) is 4.04. The van der Waals surface area contributed by atoms with Crippen LogP contribution in [0, 0.1) is 5.41 Å². The van der Waals surface area contributed by atoms with Crippen molar-refractivity contribution in [2.24, 2.45) is 5.41 Å². The van der Waals surface area contributed by atoms with Crippen LogP contribution in [-0.4, -0.2) is 47.0 Å². The first-order chi connectivity index (χ1) is 13.1. The normalized spacial score (nSPS) is 19.0. The van der Waals surface area contributed by atoms with Crippen molar-refractivity contribution < 1.29 is 4.79 Å². The summed E-state index contributed by atoms with van der Waals surface area (Å²) in [5.41, 5.74) is 7.26. The van der Waals surface area contributed by atoms with Crippen LogP contribution in [0.3, 0.4) is 0 Å². The lowest BCUT2D eigenvalue weighted by Crippen LogP contribution is -2.42. The zero-order valence-electron chi connectivity index (χ0n) is 15.7. The number of nitrogens with zero attached hydrogens (tertiary/aromatic N) is 4. The second-order valence-corrected chi connectivity index (χ2v) is 7.87. The highest BCUT2D eigenvalue weighted by Gasteiger charge is 2.44. The van der Waals surface area contributed by atoms with Gasteiger partial charge in [0, 0.05) is 44.1 Å². The van der Waals surface area contributed by atoms with E-state index in [0.717, 1.165) is 57.7 Å². The molecule has 1 aromatic carbocycles. The van der Waals surface area contributed by atoms with Crippen LogP contribution in [0.1, 0.15) is 31.2 Å². The largest absolute Gasteiger partial charge is 0.384 e. The van der Waals surface area contributed by atoms with E-state index in [2.05, 4.69) is 44.0 Å². The van der Waals surface area contributed by atoms with E-state index in [0.29, 0.717) is 18.1 Å². The van der Waals surface area contributed by atoms with E-state index in [1.165, 1.54) is 11.9 Å². The Bertz CT molecular complexity index is 786. The smallest absolute Gasteiger partial charge is 0.223 e. The Morgan fingerprint density at radius 3 is 2.63 bits per heavy atom. The van der Waals surface area contributed by atoms with Gasteiger partial charge in [0.2, 0.25) is 5.91 Å². The number of aryl methyl sites for hydroxylation is 1. The van der Waals surface area contributed by atoms with E-state index in [-0.39, 0.29) is 5.41 Å². The Morgan fingerprint density at radius 2 is 1.89 bits per heavy atom. The monoisotopic (exact) mass is 365 g/mol. The lowest BCUT2D eigenvalue weighted by Gasteiger charge is -2.39. The van der Waals surface area contributed by atoms with Gasteiger partial charge in [-0.1, -0.05) is 30.3 Å². The maximum Gasteiger partial charge on any atom is 0.223 e. The van der Waals surface area contributed by atoms with E-state index in [4.69, 9.17) is 5.73 Å². The minimum atomic E-state index is 0.138. The van der Waals surface area contributed by atoms with Gasteiger partial charge < -0.3 is 15.5 Å². The van der Waals surface area contributed by atoms with E-state index in [1.54, 1.807) is 0 Å². The lowest BCUT2D eigenvalue weighted by molar-refractivity contribution is -0.127. The number of hydrogen-bond acceptors (Lipinski definition) is 5. The Kier molecular flexibility index (Phi) is 4.97. The third-order valence-electron chi connectivity index (χ3n) is 5.96. The summed E-state index contributed by atoms with van der Waals surface area (Å²) < 4.78 is 0. The summed E-state index contributed by atoms with van der Waals surface area (Å²) >= 11 is 0. The molecule has 0 bridgehead atoms. The Balaban J connectivity index is 1.30. The van der Waals surface area contributed by atoms with Crippen molar-refractivity contribution in [3.63, 3.8) is 0 Å². The number of rotatable bonds is 5. The number of amides is 1. The highest BCUT2D eigenvalue weighted by Crippen LogP contribution is 2.41. The first kappa shape index (κ1) is 17.8. The average molecular weight is 365 g/mol. The van der Waals surface area contributed by atoms with E-state index in [9.17, 15) is 4.79 Å². The number of likely N-dealkylation sites (tertiary alicyclic amines) is 1. The number of nitrogen functional groups attached to an aromatic ring is 1. The number of piperidine rings is 1. The van der Waals surface area contributed by atoms with Gasteiger partial charge in [-0.05, 0) is 31.2 Å². The van der Waals surface area contributed by atoms with Gasteiger partial charge in [0.05, 0.1) is 0 Å². The quantitative estimate of drug-likeness (QED) is 0.881. The molecule has 27 heavy (non-hydrogen) atoms. The number of anilines is 2. The third-order valence-corrected chi connectivity index (χ3v) is 5.96. The summed E-state index contributed by atoms with van der Waals surface area (Å²) in [7, 11) is 0. The zero-order chi connectivity index (χ0) is 18.7. The molecule has 1 spiro atoms. The molecule has 3 heterocycles. The van der Waals surface area contributed by atoms with Gasteiger partial charge in [-0.2, -0.15) is 0 Å². The number of carbonyl (C=O) groups is 1. The molecule has 0 saturated carbocycles. The molecule has 2 aromatic rings. The number of carbonyl (C=O) groups excluding carboxylic acids is 1. The lowest BCUT2D eigenvalue weighted by atomic mass is 9.77. The molecule has 2 N–H and O–H groups in total. The van der Waals surface area contributed by atoms with Crippen molar-refractivity contribution in [3.8, 4) is 0 Å². The number of benzene rings is 1. The Labute approximate surface area is 160 Å². The molecule has 142 valence electrons. The molecular weight excluding hydrogens is 338 g/mol. The first-order valence-electron chi connectivity index (χ1n) is 9.78. The van der Waals surface area contributed by atoms with Gasteiger partial charge in [-0.25, -0.2) is 9.97 Å². The molecule has 6 nitrogen and oxygen atoms in total. The zero-order valence-corrected chi connectivity index (χ0v) is 15.7. The van der Waals surface area contributed by atoms with E-state index in [1.807, 2.05) is 12.1 Å². The topological polar surface area (TPSA) is 75.3 Å². The fourth-order valence-electron chi connectivity index (χ4n) is 4.38. The Hall–Kier alpha value is -2.63. The predicted molar refractivity (Wildman–Crippen MR) is 106 cm³/mol. The van der Waals surface area contributed by atoms with Crippen LogP contribution in [0.25, 0.3) is 0 Å². The van der Waals surface area contributed by atoms with Crippen LogP contribution < -0.4 is 10.6 Å². The summed E-state index contributed by atoms with van der Waals surface area (Å²) in [5.74, 6) is 1.71. The molecule has 0 aliphatic carbocycles. The summed E-state index contributed by atoms with van der Waals surface area (Å²) in [6.07, 6.45) is 6.31. The van der Waals surface area contributed by atoms with Crippen LogP contribution in [0.15, 0.2) is 42.7 Å². The van der Waals surface area contributed by atoms with Crippen LogP contribution in [0.4, 0.5) is 11.6 Å². The maximum atomic E-state index is 12.6. The molecule has 2 saturated heterocycles. The van der Waals surface area contributed by atoms with Crippen LogP contribution >= 0.6 is 0 Å². The molecule has 1 aromatic heterocycles. The van der Waals surface area contributed by atoms with Gasteiger partial charge in [0.25, 0.3) is 0 Å². The van der Waals surface area contributed by atoms with Crippen LogP contribution in [0.2, 0.25) is 0 Å². The van der Waals surface area contributed by atoms with Gasteiger partial charge in [-0.15, -0.1) is 0 Å². The maximum absolute atomic E-state index is 12.6. The van der Waals surface area contributed by atoms with Crippen molar-refractivity contribution >= 4 is 17.5 Å². The molecule has 6 heteroatoms. The highest BCUT2D eigenvalue weighted by molar-refractivity contribution is 5.79. The minimum Gasteiger partial charge on any atom is -0.384 e. The summed E-state index contributed by atoms with van der Waals surface area (Å²) in [4.78, 5) is 25.2. The predicted octanol–water partition coefficient (Wildman–Crippen LogP) is 2.51. The summed E-state index contributed by atoms with van der Waals surface area (Å²) in [6, 6.07) is 12.3. The van der Waals surface area contributed by atoms with Crippen molar-refractivity contribution in [1.82, 2.24) is 14.9 Å². The molecule has 2 fully saturated rings. The molecule has 4 rings (SSSR count). The van der Waals surface area contributed by atoms with Gasteiger partial charge in [-0.3, -0.25) is 4.79 Å². The molecule has 2 aliphatic rings. The number of hydrogen-bond donors (Lipinski definition) is 1. The van der Waals surface area contributed by atoms with E-state index >= 15 is 0 Å². The van der Waals surface area contributed by atoms with Crippen LogP contribution in [0.5, 0.6) is 0 Å². The molecule has 1 amide bonds. The highest BCUT2D eigenvalue weighted by atomic mass is 16.2. The molecule has 2 aliphatic heterocycles. The molecule has 0 unspecified atom stereocenters. The summed E-state index contributed by atoms with van der Waals surface area (Å²) in [5, 5.41) is 0.